The van der Waals surface area contributed by atoms with Gasteiger partial charge >= 0.3 is 0 Å². The summed E-state index contributed by atoms with van der Waals surface area (Å²) in [6, 6.07) is -6.23. The van der Waals surface area contributed by atoms with E-state index >= 15 is 0 Å². The molecule has 378 valence electrons. The van der Waals surface area contributed by atoms with E-state index in [2.05, 4.69) is 21.3 Å². The minimum absolute atomic E-state index is 0.401. The number of nitrogens with one attached hydrogen (secondary N) is 4. The van der Waals surface area contributed by atoms with Crippen molar-refractivity contribution in [3.8, 4) is 0 Å². The van der Waals surface area contributed by atoms with Crippen LogP contribution in [0, 0.1) is 0 Å². The number of ether oxygens (including phenoxy) is 9. The number of hydrogen-bond acceptors (Lipinski definition) is 23. The molecule has 0 bridgehead atoms. The average Bonchev–Trinajstić information content (AvgIpc) is 3.25. The molecule has 0 aromatic rings. The van der Waals surface area contributed by atoms with Crippen LogP contribution < -0.4 is 27.0 Å². The quantitative estimate of drug-likeness (QED) is 0.0504. The highest BCUT2D eigenvalue weighted by Crippen LogP contribution is 2.36. The number of carbonyl (C=O) groups is 6. The molecule has 0 spiro atoms. The number of carbonyl (C=O) groups excluding carboxylic acids is 6. The van der Waals surface area contributed by atoms with Gasteiger partial charge in [0, 0.05) is 27.7 Å². The Labute approximate surface area is 377 Å². The molecule has 5 amide bonds. The van der Waals surface area contributed by atoms with E-state index in [0.29, 0.717) is 6.29 Å². The van der Waals surface area contributed by atoms with E-state index in [1.807, 2.05) is 0 Å². The third-order valence-corrected chi connectivity index (χ3v) is 11.1. The Morgan fingerprint density at radius 1 is 0.530 bits per heavy atom. The first kappa shape index (κ1) is 54.9. The molecule has 0 aromatic carbocycles. The fourth-order valence-electron chi connectivity index (χ4n) is 8.04. The van der Waals surface area contributed by atoms with Crippen molar-refractivity contribution < 1.29 is 112 Å². The lowest BCUT2D eigenvalue weighted by atomic mass is 9.93. The number of rotatable bonds is 20. The van der Waals surface area contributed by atoms with Gasteiger partial charge in [-0.15, -0.1) is 0 Å². The first-order chi connectivity index (χ1) is 31.1. The Balaban J connectivity index is 1.75. The molecule has 0 aliphatic carbocycles. The number of aliphatic hydroxyl groups is 8. The van der Waals surface area contributed by atoms with Crippen molar-refractivity contribution in [3.63, 3.8) is 0 Å². The van der Waals surface area contributed by atoms with Gasteiger partial charge in [-0.1, -0.05) is 0 Å². The first-order valence-corrected chi connectivity index (χ1v) is 21.0. The standard InChI is InChI=1S/C38H63N5O23/c1-12(7-44)58-32-24(42-16(5)51)35(57)60-20(10-47)30(32)65-37-23(41-15(4)50)28(55)29(19(9-46)62-37)64-38-25(43-17(6)52)33(59-13(2)34(39)56)31(21(11-48)63-38)66-36-22(40-14(3)49)27(54)26(53)18(8-45)61-36/h7,12-13,18-33,35-38,45-48,53-55,57H,8-11H2,1-6H3,(H2,39,56)(H,40,49)(H,41,50)(H,42,51)(H,43,52)/t12-,13-,18-,19-,20-,21-,22-,23-,24-,25-,26-,27-,28-,29-,30-,31-,32-,33-,35-,36+,37+,38+/m1/s1. The zero-order valence-electron chi connectivity index (χ0n) is 36.9. The van der Waals surface area contributed by atoms with Crippen LogP contribution in [0.25, 0.3) is 0 Å². The molecule has 4 rings (SSSR count). The molecule has 0 aromatic heterocycles. The second-order valence-electron chi connectivity index (χ2n) is 16.2. The SMILES string of the molecule is CC(=O)N[C@@H]1[C@@H](O[C@H](C)C=O)[C@H](O[C@@H]2O[C@H](CO)[C@@H](O[C@@H]3O[C@H](CO)[C@@H](O[C@@H]4O[C@H](CO)[C@@H](O)[C@H](O)[C@H]4NC(C)=O)[C@H](O[C@H](C)C(N)=O)[C@H]3NC(C)=O)[C@H](O)[C@H]2NC(C)=O)[C@@H](CO)O[C@H]1O. The number of aldehydes is 1. The van der Waals surface area contributed by atoms with Gasteiger partial charge in [0.05, 0.1) is 26.4 Å². The van der Waals surface area contributed by atoms with Gasteiger partial charge < -0.3 is 115 Å². The minimum Gasteiger partial charge on any atom is -0.394 e. The average molecular weight is 958 g/mol. The van der Waals surface area contributed by atoms with Gasteiger partial charge in [0.1, 0.15) is 116 Å². The second kappa shape index (κ2) is 24.6. The maximum Gasteiger partial charge on any atom is 0.246 e. The second-order valence-corrected chi connectivity index (χ2v) is 16.2. The summed E-state index contributed by atoms with van der Waals surface area (Å²) in [6.45, 7) is 3.30. The summed E-state index contributed by atoms with van der Waals surface area (Å²) in [6.07, 6.45) is -29.2. The van der Waals surface area contributed by atoms with Crippen molar-refractivity contribution in [2.45, 2.75) is 176 Å². The molecule has 4 heterocycles. The van der Waals surface area contributed by atoms with Gasteiger partial charge in [0.15, 0.2) is 25.2 Å². The van der Waals surface area contributed by atoms with Gasteiger partial charge in [0.25, 0.3) is 0 Å². The van der Waals surface area contributed by atoms with E-state index in [4.69, 9.17) is 48.4 Å². The lowest BCUT2D eigenvalue weighted by molar-refractivity contribution is -0.365. The van der Waals surface area contributed by atoms with Gasteiger partial charge in [-0.25, -0.2) is 0 Å². The molecule has 0 saturated carbocycles. The number of amides is 5. The zero-order valence-corrected chi connectivity index (χ0v) is 36.9. The lowest BCUT2D eigenvalue weighted by Gasteiger charge is -2.52. The Hall–Kier alpha value is -3.66. The molecule has 0 unspecified atom stereocenters. The summed E-state index contributed by atoms with van der Waals surface area (Å²) >= 11 is 0. The zero-order chi connectivity index (χ0) is 49.3. The van der Waals surface area contributed by atoms with Crippen molar-refractivity contribution in [2.24, 2.45) is 5.73 Å². The van der Waals surface area contributed by atoms with Gasteiger partial charge in [-0.05, 0) is 13.8 Å². The maximum atomic E-state index is 12.9. The van der Waals surface area contributed by atoms with Crippen molar-refractivity contribution in [1.29, 1.82) is 0 Å². The molecular formula is C38H63N5O23. The fraction of sp³-hybridized carbons (Fsp3) is 0.842. The van der Waals surface area contributed by atoms with Crippen molar-refractivity contribution in [3.05, 3.63) is 0 Å². The Morgan fingerprint density at radius 3 is 1.36 bits per heavy atom. The molecule has 4 fully saturated rings. The van der Waals surface area contributed by atoms with Crippen LogP contribution in [0.3, 0.4) is 0 Å². The Morgan fingerprint density at radius 2 is 0.909 bits per heavy atom. The predicted molar refractivity (Wildman–Crippen MR) is 212 cm³/mol. The third kappa shape index (κ3) is 13.3. The van der Waals surface area contributed by atoms with Crippen LogP contribution in [0.5, 0.6) is 0 Å². The number of hydrogen-bond donors (Lipinski definition) is 13. The number of nitrogens with two attached hydrogens (primary N) is 1. The van der Waals surface area contributed by atoms with Crippen molar-refractivity contribution in [1.82, 2.24) is 21.3 Å². The maximum absolute atomic E-state index is 12.9. The molecule has 66 heavy (non-hydrogen) atoms. The molecular weight excluding hydrogens is 894 g/mol. The van der Waals surface area contributed by atoms with E-state index < -0.39 is 191 Å². The highest BCUT2D eigenvalue weighted by molar-refractivity contribution is 5.78. The van der Waals surface area contributed by atoms with Crippen LogP contribution in [0.15, 0.2) is 0 Å². The van der Waals surface area contributed by atoms with Gasteiger partial charge in [-0.3, -0.25) is 24.0 Å². The number of aliphatic hydroxyl groups excluding tert-OH is 8. The van der Waals surface area contributed by atoms with Crippen LogP contribution in [-0.4, -0.2) is 238 Å². The van der Waals surface area contributed by atoms with Crippen LogP contribution in [-0.2, 0) is 71.4 Å². The van der Waals surface area contributed by atoms with Gasteiger partial charge in [0.2, 0.25) is 29.5 Å². The molecule has 4 saturated heterocycles. The molecule has 0 radical (unpaired) electrons. The number of primary amides is 1. The van der Waals surface area contributed by atoms with Crippen molar-refractivity contribution in [2.75, 3.05) is 26.4 Å². The molecule has 28 nitrogen and oxygen atoms in total. The normalized spacial score (nSPS) is 40.3. The largest absolute Gasteiger partial charge is 0.394 e. The van der Waals surface area contributed by atoms with E-state index in [1.54, 1.807) is 0 Å². The Bertz CT molecular complexity index is 1650. The van der Waals surface area contributed by atoms with E-state index in [0.717, 1.165) is 27.7 Å². The third-order valence-electron chi connectivity index (χ3n) is 11.1. The lowest BCUT2D eigenvalue weighted by Crippen LogP contribution is -2.72. The molecule has 4 aliphatic heterocycles. The van der Waals surface area contributed by atoms with Crippen LogP contribution in [0.4, 0.5) is 0 Å². The van der Waals surface area contributed by atoms with E-state index in [1.165, 1.54) is 13.8 Å². The monoisotopic (exact) mass is 957 g/mol. The Kier molecular flexibility index (Phi) is 20.5. The minimum atomic E-state index is -1.96. The predicted octanol–water partition coefficient (Wildman–Crippen LogP) is -8.66. The fourth-order valence-corrected chi connectivity index (χ4v) is 8.04. The van der Waals surface area contributed by atoms with E-state index in [9.17, 15) is 69.6 Å². The summed E-state index contributed by atoms with van der Waals surface area (Å²) in [7, 11) is 0. The summed E-state index contributed by atoms with van der Waals surface area (Å²) in [4.78, 5) is 74.0. The van der Waals surface area contributed by atoms with Crippen molar-refractivity contribution >= 4 is 35.8 Å². The van der Waals surface area contributed by atoms with Crippen LogP contribution >= 0.6 is 0 Å². The van der Waals surface area contributed by atoms with Gasteiger partial charge in [-0.2, -0.15) is 0 Å². The van der Waals surface area contributed by atoms with Crippen LogP contribution in [0.1, 0.15) is 41.5 Å². The van der Waals surface area contributed by atoms with Crippen LogP contribution in [0.2, 0.25) is 0 Å². The van der Waals surface area contributed by atoms with E-state index in [-0.39, 0.29) is 0 Å². The molecule has 22 atom stereocenters. The highest BCUT2D eigenvalue weighted by Gasteiger charge is 2.57. The molecule has 14 N–H and O–H groups in total. The highest BCUT2D eigenvalue weighted by atomic mass is 16.8. The topological polar surface area (TPSA) is 421 Å². The molecule has 28 heteroatoms. The summed E-state index contributed by atoms with van der Waals surface area (Å²) in [5.41, 5.74) is 5.54. The first-order valence-electron chi connectivity index (χ1n) is 21.0. The summed E-state index contributed by atoms with van der Waals surface area (Å²) in [5, 5.41) is 95.8. The molecule has 4 aliphatic rings. The smallest absolute Gasteiger partial charge is 0.246 e. The summed E-state index contributed by atoms with van der Waals surface area (Å²) < 4.78 is 53.9. The summed E-state index contributed by atoms with van der Waals surface area (Å²) in [5.74, 6) is -3.95.